The highest BCUT2D eigenvalue weighted by Gasteiger charge is 2.37. The first-order chi connectivity index (χ1) is 13.3. The molecule has 1 saturated carbocycles. The van der Waals surface area contributed by atoms with Crippen molar-refractivity contribution < 1.29 is 18.0 Å². The molecule has 1 aliphatic carbocycles. The van der Waals surface area contributed by atoms with Gasteiger partial charge in [0, 0.05) is 18.0 Å². The predicted octanol–water partition coefficient (Wildman–Crippen LogP) is 4.35. The van der Waals surface area contributed by atoms with Gasteiger partial charge in [-0.1, -0.05) is 36.4 Å². The number of carbonyl (C=O) groups excluding carboxylic acids is 1. The second kappa shape index (κ2) is 6.82. The summed E-state index contributed by atoms with van der Waals surface area (Å²) in [7, 11) is 0. The fraction of sp³-hybridized carbons (Fsp3) is 0.238. The molecule has 0 atom stereocenters. The number of H-pyrrole nitrogens is 1. The van der Waals surface area contributed by atoms with E-state index in [1.54, 1.807) is 30.3 Å². The molecule has 144 valence electrons. The number of halogens is 3. The van der Waals surface area contributed by atoms with E-state index in [9.17, 15) is 22.8 Å². The highest BCUT2D eigenvalue weighted by Crippen LogP contribution is 2.35. The number of hydrogen-bond acceptors (Lipinski definition) is 2. The lowest BCUT2D eigenvalue weighted by molar-refractivity contribution is -0.138. The van der Waals surface area contributed by atoms with Crippen molar-refractivity contribution in [2.75, 3.05) is 0 Å². The van der Waals surface area contributed by atoms with Crippen molar-refractivity contribution >= 4 is 16.7 Å². The molecule has 0 saturated heterocycles. The summed E-state index contributed by atoms with van der Waals surface area (Å²) < 4.78 is 39.9. The quantitative estimate of drug-likeness (QED) is 0.725. The summed E-state index contributed by atoms with van der Waals surface area (Å²) in [4.78, 5) is 29.3. The van der Waals surface area contributed by atoms with E-state index in [1.807, 2.05) is 0 Å². The Morgan fingerprint density at radius 2 is 1.75 bits per heavy atom. The minimum absolute atomic E-state index is 0.0402. The summed E-state index contributed by atoms with van der Waals surface area (Å²) in [6, 6.07) is 13.6. The second-order valence-electron chi connectivity index (χ2n) is 6.92. The predicted molar refractivity (Wildman–Crippen MR) is 98.9 cm³/mol. The largest absolute Gasteiger partial charge is 0.416 e. The van der Waals surface area contributed by atoms with Crippen molar-refractivity contribution in [1.29, 1.82) is 0 Å². The van der Waals surface area contributed by atoms with Gasteiger partial charge in [-0.05, 0) is 42.0 Å². The Balaban J connectivity index is 1.70. The summed E-state index contributed by atoms with van der Waals surface area (Å²) in [6.07, 6.45) is -3.03. The Labute approximate surface area is 158 Å². The van der Waals surface area contributed by atoms with Crippen molar-refractivity contribution in [3.63, 3.8) is 0 Å². The molecule has 1 aromatic heterocycles. The maximum Gasteiger partial charge on any atom is 0.416 e. The van der Waals surface area contributed by atoms with Crippen LogP contribution in [0.25, 0.3) is 10.8 Å². The summed E-state index contributed by atoms with van der Waals surface area (Å²) >= 11 is 0. The molecule has 4 rings (SSSR count). The van der Waals surface area contributed by atoms with E-state index in [0.717, 1.165) is 18.9 Å². The number of rotatable bonds is 4. The minimum atomic E-state index is -4.49. The van der Waals surface area contributed by atoms with Crippen LogP contribution in [0.15, 0.2) is 59.4 Å². The van der Waals surface area contributed by atoms with Gasteiger partial charge in [0.15, 0.2) is 0 Å². The molecule has 0 unspecified atom stereocenters. The zero-order valence-corrected chi connectivity index (χ0v) is 14.8. The summed E-state index contributed by atoms with van der Waals surface area (Å²) in [5.41, 5.74) is -1.02. The van der Waals surface area contributed by atoms with E-state index >= 15 is 0 Å². The van der Waals surface area contributed by atoms with Crippen LogP contribution in [0.2, 0.25) is 0 Å². The number of benzene rings is 2. The number of amides is 1. The molecule has 7 heteroatoms. The number of pyridine rings is 1. The Hall–Kier alpha value is -3.09. The highest BCUT2D eigenvalue weighted by atomic mass is 19.4. The molecular formula is C21H17F3N2O2. The van der Waals surface area contributed by atoms with Gasteiger partial charge in [0.25, 0.3) is 11.5 Å². The molecule has 0 radical (unpaired) electrons. The van der Waals surface area contributed by atoms with E-state index in [4.69, 9.17) is 0 Å². The van der Waals surface area contributed by atoms with Crippen molar-refractivity contribution in [2.45, 2.75) is 31.6 Å². The Morgan fingerprint density at radius 1 is 1.07 bits per heavy atom. The maximum absolute atomic E-state index is 13.3. The minimum Gasteiger partial charge on any atom is -0.330 e. The molecule has 3 aromatic rings. The molecule has 0 aliphatic heterocycles. The molecule has 28 heavy (non-hydrogen) atoms. The maximum atomic E-state index is 13.3. The van der Waals surface area contributed by atoms with Crippen LogP contribution in [0.4, 0.5) is 13.2 Å². The van der Waals surface area contributed by atoms with Crippen LogP contribution >= 0.6 is 0 Å². The lowest BCUT2D eigenvalue weighted by Gasteiger charge is -2.24. The van der Waals surface area contributed by atoms with Gasteiger partial charge in [-0.2, -0.15) is 13.2 Å². The first-order valence-electron chi connectivity index (χ1n) is 8.93. The molecule has 1 fully saturated rings. The second-order valence-corrected chi connectivity index (χ2v) is 6.92. The monoisotopic (exact) mass is 386 g/mol. The van der Waals surface area contributed by atoms with Gasteiger partial charge in [0.2, 0.25) is 0 Å². The van der Waals surface area contributed by atoms with Crippen molar-refractivity contribution in [3.05, 3.63) is 81.8 Å². The molecule has 1 N–H and O–H groups in total. The van der Waals surface area contributed by atoms with E-state index in [-0.39, 0.29) is 23.8 Å². The van der Waals surface area contributed by atoms with Crippen molar-refractivity contribution in [2.24, 2.45) is 0 Å². The molecule has 0 bridgehead atoms. The van der Waals surface area contributed by atoms with Gasteiger partial charge >= 0.3 is 6.18 Å². The molecule has 1 aliphatic rings. The number of aromatic nitrogens is 1. The average molecular weight is 386 g/mol. The topological polar surface area (TPSA) is 53.2 Å². The number of nitrogens with one attached hydrogen (secondary N) is 1. The Bertz CT molecular complexity index is 1100. The van der Waals surface area contributed by atoms with E-state index in [1.165, 1.54) is 23.1 Å². The van der Waals surface area contributed by atoms with Gasteiger partial charge in [-0.15, -0.1) is 0 Å². The standard InChI is InChI=1S/C21H17F3N2O2/c22-21(23,24)17-8-4-2-6-14(17)12-26(15-9-10-15)20(28)18-11-13-5-1-3-7-16(13)19(27)25-18/h1-8,11,15H,9-10,12H2,(H,25,27). The first kappa shape index (κ1) is 18.3. The number of nitrogens with zero attached hydrogens (tertiary/aromatic N) is 1. The molecule has 2 aromatic carbocycles. The third-order valence-corrected chi connectivity index (χ3v) is 4.90. The van der Waals surface area contributed by atoms with Crippen LogP contribution < -0.4 is 5.56 Å². The normalized spacial score (nSPS) is 14.2. The van der Waals surface area contributed by atoms with Crippen LogP contribution in [0.3, 0.4) is 0 Å². The van der Waals surface area contributed by atoms with Crippen LogP contribution in [0.5, 0.6) is 0 Å². The highest BCUT2D eigenvalue weighted by molar-refractivity contribution is 5.96. The average Bonchev–Trinajstić information content (AvgIpc) is 3.50. The summed E-state index contributed by atoms with van der Waals surface area (Å²) in [5.74, 6) is -0.470. The number of aromatic amines is 1. The van der Waals surface area contributed by atoms with Crippen molar-refractivity contribution in [1.82, 2.24) is 9.88 Å². The van der Waals surface area contributed by atoms with E-state index in [0.29, 0.717) is 10.8 Å². The Kier molecular flexibility index (Phi) is 4.45. The molecule has 1 heterocycles. The third-order valence-electron chi connectivity index (χ3n) is 4.90. The Morgan fingerprint density at radius 3 is 2.46 bits per heavy atom. The fourth-order valence-corrected chi connectivity index (χ4v) is 3.35. The third kappa shape index (κ3) is 3.52. The number of carbonyl (C=O) groups is 1. The molecule has 1 amide bonds. The zero-order chi connectivity index (χ0) is 19.9. The smallest absolute Gasteiger partial charge is 0.330 e. The van der Waals surface area contributed by atoms with E-state index in [2.05, 4.69) is 4.98 Å². The van der Waals surface area contributed by atoms with Crippen molar-refractivity contribution in [3.8, 4) is 0 Å². The first-order valence-corrected chi connectivity index (χ1v) is 8.93. The van der Waals surface area contributed by atoms with Crippen LogP contribution in [-0.2, 0) is 12.7 Å². The van der Waals surface area contributed by atoms with Gasteiger partial charge in [0.05, 0.1) is 5.56 Å². The summed E-state index contributed by atoms with van der Waals surface area (Å²) in [6.45, 7) is -0.159. The number of alkyl halides is 3. The molecule has 4 nitrogen and oxygen atoms in total. The van der Waals surface area contributed by atoms with Gasteiger partial charge in [0.1, 0.15) is 5.69 Å². The lowest BCUT2D eigenvalue weighted by Crippen LogP contribution is -2.34. The summed E-state index contributed by atoms with van der Waals surface area (Å²) in [5, 5.41) is 1.07. The van der Waals surface area contributed by atoms with Gasteiger partial charge in [-0.25, -0.2) is 0 Å². The van der Waals surface area contributed by atoms with Gasteiger partial charge in [-0.3, -0.25) is 9.59 Å². The lowest BCUT2D eigenvalue weighted by atomic mass is 10.1. The number of fused-ring (bicyclic) bond motifs is 1. The van der Waals surface area contributed by atoms with E-state index < -0.39 is 23.2 Å². The molecular weight excluding hydrogens is 369 g/mol. The van der Waals surface area contributed by atoms with Gasteiger partial charge < -0.3 is 9.88 Å². The SMILES string of the molecule is O=C(c1cc2ccccc2c(=O)[nH]1)N(Cc1ccccc1C(F)(F)F)C1CC1. The zero-order valence-electron chi connectivity index (χ0n) is 14.8. The van der Waals surface area contributed by atoms with Crippen LogP contribution in [0.1, 0.15) is 34.5 Å². The van der Waals surface area contributed by atoms with Crippen LogP contribution in [0, 0.1) is 0 Å². The van der Waals surface area contributed by atoms with Crippen LogP contribution in [-0.4, -0.2) is 21.8 Å². The fourth-order valence-electron chi connectivity index (χ4n) is 3.35. The number of hydrogen-bond donors (Lipinski definition) is 1. The molecule has 0 spiro atoms.